The second-order valence-corrected chi connectivity index (χ2v) is 5.94. The fraction of sp³-hybridized carbons (Fsp3) is 0.353. The quantitative estimate of drug-likeness (QED) is 0.785. The monoisotopic (exact) mass is 272 g/mol. The van der Waals surface area contributed by atoms with Gasteiger partial charge in [0.05, 0.1) is 6.26 Å². The van der Waals surface area contributed by atoms with Gasteiger partial charge in [0.2, 0.25) is 5.78 Å². The third-order valence-electron chi connectivity index (χ3n) is 3.10. The van der Waals surface area contributed by atoms with Gasteiger partial charge in [-0.3, -0.25) is 4.79 Å². The Morgan fingerprint density at radius 2 is 2.00 bits per heavy atom. The summed E-state index contributed by atoms with van der Waals surface area (Å²) in [6.07, 6.45) is 1.49. The minimum absolute atomic E-state index is 0.0138. The Morgan fingerprint density at radius 1 is 1.25 bits per heavy atom. The summed E-state index contributed by atoms with van der Waals surface area (Å²) in [5, 5.41) is 0. The molecule has 0 saturated heterocycles. The first kappa shape index (κ1) is 14.4. The van der Waals surface area contributed by atoms with Crippen LogP contribution in [0.4, 0.5) is 0 Å². The Kier molecular flexibility index (Phi) is 3.98. The van der Waals surface area contributed by atoms with Crippen molar-refractivity contribution in [3.05, 3.63) is 53.5 Å². The number of ketones is 1. The van der Waals surface area contributed by atoms with Crippen LogP contribution in [0.25, 0.3) is 0 Å². The predicted octanol–water partition coefficient (Wildman–Crippen LogP) is 4.15. The molecule has 2 rings (SSSR count). The number of Topliss-reactive ketones (excluding diaryl/α,β-unsaturated/α-hetero) is 1. The molecule has 1 heterocycles. The summed E-state index contributed by atoms with van der Waals surface area (Å²) in [5.41, 5.74) is 2.17. The van der Waals surface area contributed by atoms with E-state index in [1.807, 2.05) is 13.0 Å². The van der Waals surface area contributed by atoms with E-state index in [0.29, 0.717) is 5.76 Å². The maximum Gasteiger partial charge on any atom is 0.235 e. The number of hydrogen-bond acceptors (Lipinski definition) is 3. The Hall–Kier alpha value is -2.03. The van der Waals surface area contributed by atoms with Gasteiger partial charge in [0, 0.05) is 0 Å². The number of furan rings is 1. The van der Waals surface area contributed by atoms with Gasteiger partial charge in [0.25, 0.3) is 0 Å². The van der Waals surface area contributed by atoms with Crippen molar-refractivity contribution in [3.8, 4) is 5.75 Å². The first-order valence-corrected chi connectivity index (χ1v) is 6.68. The maximum absolute atomic E-state index is 11.9. The van der Waals surface area contributed by atoms with E-state index in [2.05, 4.69) is 32.9 Å². The molecule has 0 N–H and O–H groups in total. The Morgan fingerprint density at radius 3 is 2.60 bits per heavy atom. The van der Waals surface area contributed by atoms with Crippen LogP contribution < -0.4 is 4.74 Å². The topological polar surface area (TPSA) is 39.4 Å². The van der Waals surface area contributed by atoms with E-state index in [0.717, 1.165) is 16.9 Å². The molecule has 0 saturated carbocycles. The van der Waals surface area contributed by atoms with Crippen LogP contribution in [0.2, 0.25) is 0 Å². The number of rotatable bonds is 4. The van der Waals surface area contributed by atoms with Crippen molar-refractivity contribution in [3.63, 3.8) is 0 Å². The van der Waals surface area contributed by atoms with Crippen LogP contribution in [0.15, 0.2) is 41.0 Å². The number of hydrogen-bond donors (Lipinski definition) is 0. The highest BCUT2D eigenvalue weighted by Crippen LogP contribution is 2.32. The highest BCUT2D eigenvalue weighted by Gasteiger charge is 2.20. The maximum atomic E-state index is 11.9. The molecule has 0 amide bonds. The van der Waals surface area contributed by atoms with Crippen LogP contribution in [0, 0.1) is 6.92 Å². The lowest BCUT2D eigenvalue weighted by Crippen LogP contribution is -2.16. The van der Waals surface area contributed by atoms with Crippen molar-refractivity contribution >= 4 is 5.78 Å². The summed E-state index contributed by atoms with van der Waals surface area (Å²) >= 11 is 0. The second kappa shape index (κ2) is 5.53. The highest BCUT2D eigenvalue weighted by atomic mass is 16.5. The molecule has 20 heavy (non-hydrogen) atoms. The molecule has 1 aromatic carbocycles. The lowest BCUT2D eigenvalue weighted by atomic mass is 9.86. The van der Waals surface area contributed by atoms with E-state index in [4.69, 9.17) is 9.15 Å². The Balaban J connectivity index is 2.17. The van der Waals surface area contributed by atoms with E-state index in [-0.39, 0.29) is 17.8 Å². The van der Waals surface area contributed by atoms with Crippen LogP contribution in [0.1, 0.15) is 42.5 Å². The van der Waals surface area contributed by atoms with Gasteiger partial charge < -0.3 is 9.15 Å². The molecule has 1 aromatic heterocycles. The summed E-state index contributed by atoms with van der Waals surface area (Å²) in [6, 6.07) is 9.42. The molecule has 0 atom stereocenters. The first-order valence-electron chi connectivity index (χ1n) is 6.68. The Bertz CT molecular complexity index is 589. The lowest BCUT2D eigenvalue weighted by Gasteiger charge is -2.23. The van der Waals surface area contributed by atoms with Crippen molar-refractivity contribution in [2.45, 2.75) is 33.1 Å². The molecule has 0 aliphatic heterocycles. The van der Waals surface area contributed by atoms with Gasteiger partial charge in [-0.25, -0.2) is 0 Å². The normalized spacial score (nSPS) is 11.4. The Labute approximate surface area is 119 Å². The number of benzene rings is 1. The molecule has 0 radical (unpaired) electrons. The molecular formula is C17H20O3. The highest BCUT2D eigenvalue weighted by molar-refractivity contribution is 5.94. The van der Waals surface area contributed by atoms with Crippen molar-refractivity contribution in [1.29, 1.82) is 0 Å². The molecule has 0 bridgehead atoms. The molecule has 0 aliphatic rings. The third-order valence-corrected chi connectivity index (χ3v) is 3.10. The largest absolute Gasteiger partial charge is 0.485 e. The van der Waals surface area contributed by atoms with Gasteiger partial charge in [0.15, 0.2) is 12.4 Å². The third kappa shape index (κ3) is 3.29. The van der Waals surface area contributed by atoms with E-state index >= 15 is 0 Å². The van der Waals surface area contributed by atoms with Gasteiger partial charge >= 0.3 is 0 Å². The minimum Gasteiger partial charge on any atom is -0.485 e. The zero-order valence-corrected chi connectivity index (χ0v) is 12.4. The van der Waals surface area contributed by atoms with Gasteiger partial charge in [-0.2, -0.15) is 0 Å². The van der Waals surface area contributed by atoms with E-state index < -0.39 is 0 Å². The van der Waals surface area contributed by atoms with Crippen LogP contribution in [-0.2, 0) is 5.41 Å². The molecule has 0 fully saturated rings. The number of carbonyl (C=O) groups is 1. The first-order chi connectivity index (χ1) is 9.38. The summed E-state index contributed by atoms with van der Waals surface area (Å²) in [5.74, 6) is 0.934. The smallest absolute Gasteiger partial charge is 0.235 e. The fourth-order valence-corrected chi connectivity index (χ4v) is 2.02. The molecule has 0 spiro atoms. The average Bonchev–Trinajstić information content (AvgIpc) is 2.88. The number of ether oxygens (including phenoxy) is 1. The van der Waals surface area contributed by atoms with Gasteiger partial charge in [-0.1, -0.05) is 32.9 Å². The molecule has 106 valence electrons. The molecular weight excluding hydrogens is 252 g/mol. The molecule has 3 nitrogen and oxygen atoms in total. The number of aryl methyl sites for hydroxylation is 1. The standard InChI is InChI=1S/C17H20O3/c1-12-7-8-13(17(2,3)4)16(10-12)20-11-14(18)15-6-5-9-19-15/h5-10H,11H2,1-4H3. The lowest BCUT2D eigenvalue weighted by molar-refractivity contribution is 0.0892. The van der Waals surface area contributed by atoms with Crippen molar-refractivity contribution in [1.82, 2.24) is 0 Å². The van der Waals surface area contributed by atoms with Gasteiger partial charge in [-0.15, -0.1) is 0 Å². The SMILES string of the molecule is Cc1ccc(C(C)(C)C)c(OCC(=O)c2ccco2)c1. The van der Waals surface area contributed by atoms with E-state index in [9.17, 15) is 4.79 Å². The minimum atomic E-state index is -0.156. The van der Waals surface area contributed by atoms with Crippen LogP contribution in [0.5, 0.6) is 5.75 Å². The van der Waals surface area contributed by atoms with Crippen LogP contribution in [0.3, 0.4) is 0 Å². The fourth-order valence-electron chi connectivity index (χ4n) is 2.02. The van der Waals surface area contributed by atoms with Gasteiger partial charge in [0.1, 0.15) is 5.75 Å². The molecule has 0 aliphatic carbocycles. The molecule has 2 aromatic rings. The van der Waals surface area contributed by atoms with Crippen molar-refractivity contribution < 1.29 is 13.9 Å². The summed E-state index contributed by atoms with van der Waals surface area (Å²) < 4.78 is 10.8. The molecule has 0 unspecified atom stereocenters. The van der Waals surface area contributed by atoms with E-state index in [1.165, 1.54) is 6.26 Å². The van der Waals surface area contributed by atoms with Crippen LogP contribution in [-0.4, -0.2) is 12.4 Å². The molecule has 3 heteroatoms. The van der Waals surface area contributed by atoms with Crippen molar-refractivity contribution in [2.75, 3.05) is 6.61 Å². The average molecular weight is 272 g/mol. The number of carbonyl (C=O) groups excluding carboxylic acids is 1. The van der Waals surface area contributed by atoms with Crippen LogP contribution >= 0.6 is 0 Å². The zero-order chi connectivity index (χ0) is 14.8. The summed E-state index contributed by atoms with van der Waals surface area (Å²) in [7, 11) is 0. The predicted molar refractivity (Wildman–Crippen MR) is 78.4 cm³/mol. The summed E-state index contributed by atoms with van der Waals surface area (Å²) in [4.78, 5) is 11.9. The zero-order valence-electron chi connectivity index (χ0n) is 12.4. The van der Waals surface area contributed by atoms with Gasteiger partial charge in [-0.05, 0) is 41.7 Å². The van der Waals surface area contributed by atoms with E-state index in [1.54, 1.807) is 12.1 Å². The second-order valence-electron chi connectivity index (χ2n) is 5.94. The summed E-state index contributed by atoms with van der Waals surface area (Å²) in [6.45, 7) is 8.37. The van der Waals surface area contributed by atoms with Crippen molar-refractivity contribution in [2.24, 2.45) is 0 Å².